The molecule has 0 amide bonds. The van der Waals surface area contributed by atoms with Crippen LogP contribution in [0.4, 0.5) is 0 Å². The van der Waals surface area contributed by atoms with Crippen molar-refractivity contribution in [2.45, 2.75) is 284 Å². The van der Waals surface area contributed by atoms with E-state index in [-0.39, 0.29) is 31.1 Å². The Morgan fingerprint density at radius 3 is 0.885 bits per heavy atom. The lowest BCUT2D eigenvalue weighted by Crippen LogP contribution is -2.30. The Balaban J connectivity index is 4.16. The van der Waals surface area contributed by atoms with E-state index in [2.05, 4.69) is 57.2 Å². The number of rotatable bonds is 48. The topological polar surface area (TPSA) is 78.9 Å². The molecule has 0 radical (unpaired) electrons. The second-order valence-electron chi connectivity index (χ2n) is 17.8. The first-order valence-corrected chi connectivity index (χ1v) is 26.5. The Labute approximate surface area is 378 Å². The first-order chi connectivity index (χ1) is 30.0. The average Bonchev–Trinajstić information content (AvgIpc) is 3.26. The summed E-state index contributed by atoms with van der Waals surface area (Å²) in [5.41, 5.74) is 0. The van der Waals surface area contributed by atoms with Gasteiger partial charge < -0.3 is 14.2 Å². The molecule has 0 aromatic carbocycles. The molecule has 0 aromatic rings. The third-order valence-electron chi connectivity index (χ3n) is 11.5. The monoisotopic (exact) mass is 857 g/mol. The van der Waals surface area contributed by atoms with Crippen molar-refractivity contribution in [2.24, 2.45) is 0 Å². The molecule has 0 aromatic heterocycles. The first-order valence-electron chi connectivity index (χ1n) is 26.5. The fourth-order valence-electron chi connectivity index (χ4n) is 7.56. The van der Waals surface area contributed by atoms with Gasteiger partial charge in [0.15, 0.2) is 6.10 Å². The lowest BCUT2D eigenvalue weighted by molar-refractivity contribution is -0.167. The summed E-state index contributed by atoms with van der Waals surface area (Å²) in [6.45, 7) is 6.52. The van der Waals surface area contributed by atoms with Crippen LogP contribution in [0.3, 0.4) is 0 Å². The number of carbonyl (C=O) groups excluding carboxylic acids is 3. The molecule has 1 unspecified atom stereocenters. The molecule has 0 aliphatic carbocycles. The zero-order valence-electron chi connectivity index (χ0n) is 40.7. The third-order valence-corrected chi connectivity index (χ3v) is 11.5. The van der Waals surface area contributed by atoms with Gasteiger partial charge in [0.1, 0.15) is 13.2 Å². The molecular formula is C55H100O6. The van der Waals surface area contributed by atoms with E-state index in [0.29, 0.717) is 19.3 Å². The Morgan fingerprint density at radius 1 is 0.311 bits per heavy atom. The Morgan fingerprint density at radius 2 is 0.574 bits per heavy atom. The summed E-state index contributed by atoms with van der Waals surface area (Å²) in [6.07, 6.45) is 58.7. The lowest BCUT2D eigenvalue weighted by Gasteiger charge is -2.18. The van der Waals surface area contributed by atoms with Crippen LogP contribution in [0, 0.1) is 0 Å². The number of ether oxygens (including phenoxy) is 3. The van der Waals surface area contributed by atoms with E-state index < -0.39 is 6.10 Å². The molecule has 0 aliphatic heterocycles. The zero-order chi connectivity index (χ0) is 44.4. The van der Waals surface area contributed by atoms with Crippen LogP contribution in [0.5, 0.6) is 0 Å². The van der Waals surface area contributed by atoms with Crippen LogP contribution in [0.2, 0.25) is 0 Å². The van der Waals surface area contributed by atoms with Gasteiger partial charge in [0.25, 0.3) is 0 Å². The standard InChI is InChI=1S/C55H100O6/c1-4-7-10-13-16-19-22-23-24-25-26-27-28-29-30-31-32-33-34-37-39-42-45-48-54(57)60-51-52(61-55(58)49-46-43-40-36-21-18-15-12-9-6-3)50-59-53(56)47-44-41-38-35-20-17-14-11-8-5-2/h11-12,14-15,25-26,52H,4-10,13,16-24,27-51H2,1-3H3/b14-11-,15-12-,26-25-. The average molecular weight is 857 g/mol. The van der Waals surface area contributed by atoms with Gasteiger partial charge in [0, 0.05) is 19.3 Å². The minimum atomic E-state index is -0.776. The van der Waals surface area contributed by atoms with Crippen LogP contribution < -0.4 is 0 Å². The van der Waals surface area contributed by atoms with Crippen LogP contribution in [0.15, 0.2) is 36.5 Å². The second-order valence-corrected chi connectivity index (χ2v) is 17.8. The molecule has 0 bridgehead atoms. The van der Waals surface area contributed by atoms with Crippen molar-refractivity contribution in [3.05, 3.63) is 36.5 Å². The normalized spacial score (nSPS) is 12.2. The van der Waals surface area contributed by atoms with E-state index in [1.165, 1.54) is 148 Å². The summed E-state index contributed by atoms with van der Waals surface area (Å²) >= 11 is 0. The molecule has 0 heterocycles. The van der Waals surface area contributed by atoms with Crippen molar-refractivity contribution < 1.29 is 28.6 Å². The number of allylic oxidation sites excluding steroid dienone is 6. The molecule has 61 heavy (non-hydrogen) atoms. The van der Waals surface area contributed by atoms with Crippen LogP contribution in [-0.4, -0.2) is 37.2 Å². The summed E-state index contributed by atoms with van der Waals surface area (Å²) < 4.78 is 16.7. The minimum absolute atomic E-state index is 0.0772. The smallest absolute Gasteiger partial charge is 0.306 e. The van der Waals surface area contributed by atoms with E-state index in [1.807, 2.05) is 0 Å². The molecule has 0 spiro atoms. The molecule has 6 heteroatoms. The van der Waals surface area contributed by atoms with Gasteiger partial charge in [-0.3, -0.25) is 14.4 Å². The van der Waals surface area contributed by atoms with E-state index in [0.717, 1.165) is 89.9 Å². The summed E-state index contributed by atoms with van der Waals surface area (Å²) in [4.78, 5) is 37.8. The summed E-state index contributed by atoms with van der Waals surface area (Å²) in [5, 5.41) is 0. The molecule has 6 nitrogen and oxygen atoms in total. The van der Waals surface area contributed by atoms with Crippen LogP contribution in [0.25, 0.3) is 0 Å². The van der Waals surface area contributed by atoms with Gasteiger partial charge in [0.2, 0.25) is 0 Å². The molecule has 1 atom stereocenters. The van der Waals surface area contributed by atoms with Crippen LogP contribution in [-0.2, 0) is 28.6 Å². The predicted molar refractivity (Wildman–Crippen MR) is 261 cm³/mol. The molecule has 0 saturated heterocycles. The SMILES string of the molecule is CCC/C=C\CCCCCCCC(=O)OCC(COC(=O)CCCCCCCCCCCCC/C=C\CCCCCCCCCC)OC(=O)CCCCCCC/C=C\CCC. The van der Waals surface area contributed by atoms with E-state index in [1.54, 1.807) is 0 Å². The third kappa shape index (κ3) is 48.5. The van der Waals surface area contributed by atoms with Crippen molar-refractivity contribution in [1.29, 1.82) is 0 Å². The Hall–Kier alpha value is -2.37. The van der Waals surface area contributed by atoms with Crippen LogP contribution >= 0.6 is 0 Å². The van der Waals surface area contributed by atoms with Crippen molar-refractivity contribution in [3.63, 3.8) is 0 Å². The fraction of sp³-hybridized carbons (Fsp3) is 0.836. The largest absolute Gasteiger partial charge is 0.462 e. The fourth-order valence-corrected chi connectivity index (χ4v) is 7.56. The van der Waals surface area contributed by atoms with Gasteiger partial charge in [-0.05, 0) is 83.5 Å². The van der Waals surface area contributed by atoms with E-state index >= 15 is 0 Å². The maximum atomic E-state index is 12.7. The van der Waals surface area contributed by atoms with E-state index in [4.69, 9.17) is 14.2 Å². The number of unbranched alkanes of at least 4 members (excludes halogenated alkanes) is 31. The van der Waals surface area contributed by atoms with Crippen molar-refractivity contribution >= 4 is 17.9 Å². The van der Waals surface area contributed by atoms with Crippen molar-refractivity contribution in [1.82, 2.24) is 0 Å². The number of esters is 3. The quantitative estimate of drug-likeness (QED) is 0.0262. The molecule has 0 fully saturated rings. The molecule has 0 saturated carbocycles. The zero-order valence-corrected chi connectivity index (χ0v) is 40.7. The highest BCUT2D eigenvalue weighted by Gasteiger charge is 2.19. The number of hydrogen-bond acceptors (Lipinski definition) is 6. The highest BCUT2D eigenvalue weighted by Crippen LogP contribution is 2.15. The first kappa shape index (κ1) is 58.6. The van der Waals surface area contributed by atoms with Crippen molar-refractivity contribution in [3.8, 4) is 0 Å². The number of hydrogen-bond donors (Lipinski definition) is 0. The van der Waals surface area contributed by atoms with Gasteiger partial charge in [-0.2, -0.15) is 0 Å². The number of carbonyl (C=O) groups is 3. The van der Waals surface area contributed by atoms with Gasteiger partial charge in [0.05, 0.1) is 0 Å². The van der Waals surface area contributed by atoms with Crippen LogP contribution in [0.1, 0.15) is 278 Å². The molecule has 0 rings (SSSR count). The Bertz CT molecular complexity index is 1030. The van der Waals surface area contributed by atoms with Crippen molar-refractivity contribution in [2.75, 3.05) is 13.2 Å². The molecule has 0 aliphatic rings. The molecule has 0 N–H and O–H groups in total. The van der Waals surface area contributed by atoms with Gasteiger partial charge >= 0.3 is 17.9 Å². The minimum Gasteiger partial charge on any atom is -0.462 e. The Kier molecular flexibility index (Phi) is 48.3. The molecular weight excluding hydrogens is 757 g/mol. The summed E-state index contributed by atoms with van der Waals surface area (Å²) in [7, 11) is 0. The second kappa shape index (κ2) is 50.3. The summed E-state index contributed by atoms with van der Waals surface area (Å²) in [5.74, 6) is -0.893. The van der Waals surface area contributed by atoms with Gasteiger partial charge in [-0.1, -0.05) is 211 Å². The van der Waals surface area contributed by atoms with Gasteiger partial charge in [-0.25, -0.2) is 0 Å². The maximum Gasteiger partial charge on any atom is 0.306 e. The molecule has 356 valence electrons. The predicted octanol–water partition coefficient (Wildman–Crippen LogP) is 17.3. The van der Waals surface area contributed by atoms with E-state index in [9.17, 15) is 14.4 Å². The summed E-state index contributed by atoms with van der Waals surface area (Å²) in [6, 6.07) is 0. The maximum absolute atomic E-state index is 12.7. The highest BCUT2D eigenvalue weighted by atomic mass is 16.6. The van der Waals surface area contributed by atoms with Gasteiger partial charge in [-0.15, -0.1) is 0 Å². The lowest BCUT2D eigenvalue weighted by atomic mass is 10.0. The highest BCUT2D eigenvalue weighted by molar-refractivity contribution is 5.71.